The second-order valence-corrected chi connectivity index (χ2v) is 5.28. The van der Waals surface area contributed by atoms with Gasteiger partial charge in [-0.3, -0.25) is 0 Å². The van der Waals surface area contributed by atoms with Crippen LogP contribution in [0.3, 0.4) is 0 Å². The standard InChI is InChI=1S/C12H18OS/c13-10-12(5-1-2-6-12)7-3-11-4-8-14-9-11/h4,8-9,13H,1-3,5-7,10H2. The Bertz CT molecular complexity index is 260. The van der Waals surface area contributed by atoms with E-state index in [1.54, 1.807) is 11.3 Å². The first-order valence-electron chi connectivity index (χ1n) is 5.47. The zero-order valence-corrected chi connectivity index (χ0v) is 9.35. The van der Waals surface area contributed by atoms with E-state index >= 15 is 0 Å². The SMILES string of the molecule is OCC1(CCc2ccsc2)CCCC1. The van der Waals surface area contributed by atoms with Crippen LogP contribution >= 0.6 is 11.3 Å². The lowest BCUT2D eigenvalue weighted by Crippen LogP contribution is -2.22. The Labute approximate surface area is 89.8 Å². The second kappa shape index (κ2) is 4.45. The van der Waals surface area contributed by atoms with Crippen LogP contribution in [0.5, 0.6) is 0 Å². The zero-order chi connectivity index (χ0) is 9.86. The highest BCUT2D eigenvalue weighted by Gasteiger charge is 2.32. The van der Waals surface area contributed by atoms with Crippen LogP contribution in [-0.2, 0) is 6.42 Å². The Morgan fingerprint density at radius 1 is 1.36 bits per heavy atom. The van der Waals surface area contributed by atoms with E-state index in [4.69, 9.17) is 0 Å². The maximum Gasteiger partial charge on any atom is 0.0487 e. The first-order valence-corrected chi connectivity index (χ1v) is 6.41. The molecule has 78 valence electrons. The van der Waals surface area contributed by atoms with Gasteiger partial charge in [0, 0.05) is 6.61 Å². The molecule has 1 aliphatic rings. The summed E-state index contributed by atoms with van der Waals surface area (Å²) < 4.78 is 0. The van der Waals surface area contributed by atoms with Crippen LogP contribution in [0.2, 0.25) is 0 Å². The fourth-order valence-corrected chi connectivity index (χ4v) is 3.16. The molecule has 0 radical (unpaired) electrons. The molecule has 2 heteroatoms. The van der Waals surface area contributed by atoms with Crippen molar-refractivity contribution >= 4 is 11.3 Å². The number of thiophene rings is 1. The van der Waals surface area contributed by atoms with Crippen molar-refractivity contribution in [3.05, 3.63) is 22.4 Å². The Morgan fingerprint density at radius 2 is 2.14 bits per heavy atom. The van der Waals surface area contributed by atoms with Crippen molar-refractivity contribution in [1.29, 1.82) is 0 Å². The first-order chi connectivity index (χ1) is 6.85. The van der Waals surface area contributed by atoms with Gasteiger partial charge in [0.05, 0.1) is 0 Å². The van der Waals surface area contributed by atoms with Gasteiger partial charge in [-0.2, -0.15) is 11.3 Å². The molecule has 2 rings (SSSR count). The van der Waals surface area contributed by atoms with E-state index in [1.807, 2.05) is 0 Å². The maximum absolute atomic E-state index is 9.45. The molecule has 0 aliphatic heterocycles. The van der Waals surface area contributed by atoms with Gasteiger partial charge in [-0.05, 0) is 53.5 Å². The molecule has 0 atom stereocenters. The molecule has 0 aromatic carbocycles. The summed E-state index contributed by atoms with van der Waals surface area (Å²) in [5.74, 6) is 0. The lowest BCUT2D eigenvalue weighted by Gasteiger charge is -2.26. The fraction of sp³-hybridized carbons (Fsp3) is 0.667. The van der Waals surface area contributed by atoms with Gasteiger partial charge in [0.2, 0.25) is 0 Å². The van der Waals surface area contributed by atoms with Crippen LogP contribution in [0.1, 0.15) is 37.7 Å². The number of hydrogen-bond acceptors (Lipinski definition) is 2. The van der Waals surface area contributed by atoms with Gasteiger partial charge in [0.15, 0.2) is 0 Å². The number of hydrogen-bond donors (Lipinski definition) is 1. The first kappa shape index (κ1) is 10.2. The molecule has 1 saturated carbocycles. The van der Waals surface area contributed by atoms with Gasteiger partial charge in [-0.1, -0.05) is 12.8 Å². The largest absolute Gasteiger partial charge is 0.396 e. The third kappa shape index (κ3) is 2.18. The predicted octanol–water partition coefficient (Wildman–Crippen LogP) is 3.23. The number of aryl methyl sites for hydroxylation is 1. The third-order valence-electron chi connectivity index (χ3n) is 3.52. The summed E-state index contributed by atoms with van der Waals surface area (Å²) in [5, 5.41) is 13.8. The molecule has 0 saturated heterocycles. The molecule has 1 fully saturated rings. The minimum Gasteiger partial charge on any atom is -0.396 e. The summed E-state index contributed by atoms with van der Waals surface area (Å²) in [6.07, 6.45) is 7.39. The summed E-state index contributed by atoms with van der Waals surface area (Å²) in [6.45, 7) is 0.386. The van der Waals surface area contributed by atoms with Crippen molar-refractivity contribution in [1.82, 2.24) is 0 Å². The van der Waals surface area contributed by atoms with Crippen molar-refractivity contribution < 1.29 is 5.11 Å². The van der Waals surface area contributed by atoms with Gasteiger partial charge < -0.3 is 5.11 Å². The van der Waals surface area contributed by atoms with Crippen molar-refractivity contribution in [2.24, 2.45) is 5.41 Å². The summed E-state index contributed by atoms with van der Waals surface area (Å²) in [5.41, 5.74) is 1.71. The van der Waals surface area contributed by atoms with Gasteiger partial charge in [0.25, 0.3) is 0 Å². The summed E-state index contributed by atoms with van der Waals surface area (Å²) in [6, 6.07) is 2.20. The molecule has 1 aromatic heterocycles. The van der Waals surface area contributed by atoms with Crippen molar-refractivity contribution in [2.45, 2.75) is 38.5 Å². The summed E-state index contributed by atoms with van der Waals surface area (Å²) >= 11 is 1.77. The van der Waals surface area contributed by atoms with Crippen LogP contribution in [0.4, 0.5) is 0 Å². The monoisotopic (exact) mass is 210 g/mol. The van der Waals surface area contributed by atoms with E-state index in [9.17, 15) is 5.11 Å². The zero-order valence-electron chi connectivity index (χ0n) is 8.54. The van der Waals surface area contributed by atoms with Crippen molar-refractivity contribution in [3.63, 3.8) is 0 Å². The second-order valence-electron chi connectivity index (χ2n) is 4.50. The average molecular weight is 210 g/mol. The van der Waals surface area contributed by atoms with Gasteiger partial charge in [0.1, 0.15) is 0 Å². The van der Waals surface area contributed by atoms with E-state index < -0.39 is 0 Å². The van der Waals surface area contributed by atoms with Crippen LogP contribution in [0.15, 0.2) is 16.8 Å². The van der Waals surface area contributed by atoms with Crippen LogP contribution < -0.4 is 0 Å². The molecule has 0 spiro atoms. The molecule has 14 heavy (non-hydrogen) atoms. The van der Waals surface area contributed by atoms with E-state index in [0.717, 1.165) is 6.42 Å². The van der Waals surface area contributed by atoms with Crippen LogP contribution in [0.25, 0.3) is 0 Å². The summed E-state index contributed by atoms with van der Waals surface area (Å²) in [7, 11) is 0. The highest BCUT2D eigenvalue weighted by Crippen LogP contribution is 2.41. The summed E-state index contributed by atoms with van der Waals surface area (Å²) in [4.78, 5) is 0. The molecular weight excluding hydrogens is 192 g/mol. The maximum atomic E-state index is 9.45. The molecule has 0 bridgehead atoms. The minimum atomic E-state index is 0.266. The molecule has 0 unspecified atom stereocenters. The molecule has 1 nitrogen and oxygen atoms in total. The van der Waals surface area contributed by atoms with Gasteiger partial charge in [-0.25, -0.2) is 0 Å². The average Bonchev–Trinajstić information content (AvgIpc) is 2.87. The highest BCUT2D eigenvalue weighted by atomic mass is 32.1. The van der Waals surface area contributed by atoms with Crippen molar-refractivity contribution in [2.75, 3.05) is 6.61 Å². The number of rotatable bonds is 4. The van der Waals surface area contributed by atoms with Crippen LogP contribution in [0, 0.1) is 5.41 Å². The van der Waals surface area contributed by atoms with E-state index in [2.05, 4.69) is 16.8 Å². The van der Waals surface area contributed by atoms with Gasteiger partial charge in [-0.15, -0.1) is 0 Å². The van der Waals surface area contributed by atoms with E-state index in [1.165, 1.54) is 37.7 Å². The quantitative estimate of drug-likeness (QED) is 0.809. The predicted molar refractivity (Wildman–Crippen MR) is 60.6 cm³/mol. The Balaban J connectivity index is 1.89. The van der Waals surface area contributed by atoms with Crippen molar-refractivity contribution in [3.8, 4) is 0 Å². The Morgan fingerprint density at radius 3 is 2.71 bits per heavy atom. The molecular formula is C12H18OS. The van der Waals surface area contributed by atoms with E-state index in [-0.39, 0.29) is 5.41 Å². The molecule has 1 N–H and O–H groups in total. The van der Waals surface area contributed by atoms with Crippen LogP contribution in [-0.4, -0.2) is 11.7 Å². The molecule has 1 aliphatic carbocycles. The molecule has 1 heterocycles. The minimum absolute atomic E-state index is 0.266. The Hall–Kier alpha value is -0.340. The van der Waals surface area contributed by atoms with Gasteiger partial charge >= 0.3 is 0 Å². The Kier molecular flexibility index (Phi) is 3.24. The lowest BCUT2D eigenvalue weighted by atomic mass is 9.82. The lowest BCUT2D eigenvalue weighted by molar-refractivity contribution is 0.121. The fourth-order valence-electron chi connectivity index (χ4n) is 2.46. The smallest absolute Gasteiger partial charge is 0.0487 e. The normalized spacial score (nSPS) is 20.1. The van der Waals surface area contributed by atoms with E-state index in [0.29, 0.717) is 6.61 Å². The third-order valence-corrected chi connectivity index (χ3v) is 4.26. The molecule has 0 amide bonds. The topological polar surface area (TPSA) is 20.2 Å². The highest BCUT2D eigenvalue weighted by molar-refractivity contribution is 7.07. The number of aliphatic hydroxyl groups is 1. The number of aliphatic hydroxyl groups excluding tert-OH is 1. The molecule has 1 aromatic rings.